The number of hydrogen-bond donors (Lipinski definition) is 4. The van der Waals surface area contributed by atoms with Gasteiger partial charge in [-0.2, -0.15) is 0 Å². The molecule has 2 heterocycles. The molecule has 2 amide bonds. The van der Waals surface area contributed by atoms with Gasteiger partial charge in [-0.3, -0.25) is 14.4 Å². The molecule has 4 N–H and O–H groups in total. The van der Waals surface area contributed by atoms with Gasteiger partial charge in [0.05, 0.1) is 19.1 Å². The van der Waals surface area contributed by atoms with E-state index in [1.165, 1.54) is 10.8 Å². The third kappa shape index (κ3) is 7.98. The van der Waals surface area contributed by atoms with Gasteiger partial charge in [-0.15, -0.1) is 0 Å². The topological polar surface area (TPSA) is 117 Å². The first kappa shape index (κ1) is 21.1. The summed E-state index contributed by atoms with van der Waals surface area (Å²) in [5.41, 5.74) is 0. The van der Waals surface area contributed by atoms with Crippen molar-refractivity contribution >= 4 is 39.4 Å². The highest BCUT2D eigenvalue weighted by molar-refractivity contribution is 8.76. The second-order valence-electron chi connectivity index (χ2n) is 6.04. The Labute approximate surface area is 160 Å². The summed E-state index contributed by atoms with van der Waals surface area (Å²) in [5, 5.41) is 18.3. The first-order chi connectivity index (χ1) is 12.5. The second-order valence-corrected chi connectivity index (χ2v) is 8.67. The molecular weight excluding hydrogens is 378 g/mol. The van der Waals surface area contributed by atoms with Crippen molar-refractivity contribution in [1.29, 1.82) is 0 Å². The molecule has 2 rings (SSSR count). The number of hydrogen-bond acceptors (Lipinski definition) is 8. The Hall–Kier alpha value is -1.23. The fraction of sp³-hybridized carbons (Fsp3) is 0.688. The molecule has 1 saturated heterocycles. The van der Waals surface area contributed by atoms with Crippen LogP contribution < -0.4 is 16.0 Å². The number of aliphatic hydroxyl groups excluding tert-OH is 1. The average molecular weight is 404 g/mol. The molecule has 0 aliphatic carbocycles. The molecule has 2 aliphatic rings. The summed E-state index contributed by atoms with van der Waals surface area (Å²) in [6.45, 7) is 0.490. The minimum Gasteiger partial charge on any atom is -0.458 e. The molecule has 10 heteroatoms. The van der Waals surface area contributed by atoms with Gasteiger partial charge in [0.25, 0.3) is 0 Å². The maximum absolute atomic E-state index is 12.3. The molecular formula is C16H25N3O5S2. The predicted octanol–water partition coefficient (Wildman–Crippen LogP) is -0.415. The number of β-amino-alcohol motifs (C(OH)–C–C–N with tert-alkyl or cyclic N) is 1. The van der Waals surface area contributed by atoms with Gasteiger partial charge in [0.2, 0.25) is 11.8 Å². The fourth-order valence-electron chi connectivity index (χ4n) is 2.43. The van der Waals surface area contributed by atoms with E-state index in [1.54, 1.807) is 10.8 Å². The molecule has 0 aromatic rings. The van der Waals surface area contributed by atoms with Crippen LogP contribution in [-0.4, -0.2) is 72.3 Å². The van der Waals surface area contributed by atoms with E-state index in [2.05, 4.69) is 16.0 Å². The van der Waals surface area contributed by atoms with Gasteiger partial charge in [-0.1, -0.05) is 27.7 Å². The highest BCUT2D eigenvalue weighted by Crippen LogP contribution is 2.23. The number of amides is 2. The molecule has 146 valence electrons. The summed E-state index contributed by atoms with van der Waals surface area (Å²) in [6, 6.07) is -0.695. The van der Waals surface area contributed by atoms with Crippen LogP contribution in [0.4, 0.5) is 0 Å². The van der Waals surface area contributed by atoms with Crippen LogP contribution in [0.5, 0.6) is 0 Å². The van der Waals surface area contributed by atoms with E-state index >= 15 is 0 Å². The number of ether oxygens (including phenoxy) is 1. The lowest BCUT2D eigenvalue weighted by atomic mass is 10.2. The molecule has 0 radical (unpaired) electrons. The van der Waals surface area contributed by atoms with Crippen LogP contribution in [0.15, 0.2) is 12.2 Å². The normalized spacial score (nSPS) is 31.4. The van der Waals surface area contributed by atoms with Gasteiger partial charge in [0, 0.05) is 24.5 Å². The molecule has 2 aliphatic heterocycles. The first-order valence-electron chi connectivity index (χ1n) is 8.61. The molecule has 0 unspecified atom stereocenters. The van der Waals surface area contributed by atoms with Crippen LogP contribution in [0.3, 0.4) is 0 Å². The monoisotopic (exact) mass is 403 g/mol. The summed E-state index contributed by atoms with van der Waals surface area (Å²) in [6.07, 6.45) is 3.51. The lowest BCUT2D eigenvalue weighted by Crippen LogP contribution is -2.51. The van der Waals surface area contributed by atoms with Gasteiger partial charge in [-0.05, 0) is 19.0 Å². The van der Waals surface area contributed by atoms with E-state index in [-0.39, 0.29) is 31.3 Å². The molecule has 0 spiro atoms. The predicted molar refractivity (Wildman–Crippen MR) is 102 cm³/mol. The van der Waals surface area contributed by atoms with Crippen molar-refractivity contribution < 1.29 is 24.2 Å². The van der Waals surface area contributed by atoms with E-state index in [0.717, 1.165) is 12.2 Å². The molecule has 0 saturated carbocycles. The molecule has 0 aromatic carbocycles. The van der Waals surface area contributed by atoms with Crippen LogP contribution in [0.25, 0.3) is 0 Å². The van der Waals surface area contributed by atoms with Crippen LogP contribution in [0.1, 0.15) is 19.3 Å². The van der Waals surface area contributed by atoms with Crippen molar-refractivity contribution in [3.63, 3.8) is 0 Å². The van der Waals surface area contributed by atoms with Gasteiger partial charge in [0.1, 0.15) is 12.1 Å². The third-order valence-electron chi connectivity index (χ3n) is 3.78. The summed E-state index contributed by atoms with van der Waals surface area (Å²) >= 11 is 0. The Balaban J connectivity index is 2.18. The smallest absolute Gasteiger partial charge is 0.309 e. The number of rotatable bonds is 0. The van der Waals surface area contributed by atoms with Crippen molar-refractivity contribution in [3.05, 3.63) is 12.2 Å². The largest absolute Gasteiger partial charge is 0.458 e. The average Bonchev–Trinajstić information content (AvgIpc) is 2.60. The van der Waals surface area contributed by atoms with E-state index in [1.807, 2.05) is 12.2 Å². The number of aliphatic hydroxyl groups is 1. The highest BCUT2D eigenvalue weighted by atomic mass is 33.1. The molecule has 8 nitrogen and oxygen atoms in total. The number of carbonyl (C=O) groups excluding carboxylic acids is 3. The van der Waals surface area contributed by atoms with Crippen LogP contribution in [-0.2, 0) is 19.1 Å². The number of carbonyl (C=O) groups is 3. The van der Waals surface area contributed by atoms with Crippen LogP contribution in [0.2, 0.25) is 0 Å². The summed E-state index contributed by atoms with van der Waals surface area (Å²) in [5.74, 6) is 0.108. The third-order valence-corrected chi connectivity index (χ3v) is 6.22. The zero-order chi connectivity index (χ0) is 18.8. The van der Waals surface area contributed by atoms with Crippen molar-refractivity contribution in [2.75, 3.05) is 31.1 Å². The summed E-state index contributed by atoms with van der Waals surface area (Å²) < 4.78 is 5.41. The van der Waals surface area contributed by atoms with E-state index in [9.17, 15) is 19.5 Å². The van der Waals surface area contributed by atoms with Crippen molar-refractivity contribution in [2.45, 2.75) is 37.5 Å². The van der Waals surface area contributed by atoms with Crippen molar-refractivity contribution in [2.24, 2.45) is 0 Å². The zero-order valence-electron chi connectivity index (χ0n) is 14.4. The summed E-state index contributed by atoms with van der Waals surface area (Å²) in [4.78, 5) is 36.4. The van der Waals surface area contributed by atoms with Crippen LogP contribution in [0, 0.1) is 0 Å². The quantitative estimate of drug-likeness (QED) is 0.245. The molecule has 1 fully saturated rings. The fourth-order valence-corrected chi connectivity index (χ4v) is 4.59. The van der Waals surface area contributed by atoms with Crippen LogP contribution >= 0.6 is 21.6 Å². The van der Waals surface area contributed by atoms with Crippen molar-refractivity contribution in [3.8, 4) is 0 Å². The molecule has 26 heavy (non-hydrogen) atoms. The zero-order valence-corrected chi connectivity index (χ0v) is 16.1. The lowest BCUT2D eigenvalue weighted by Gasteiger charge is -2.19. The Morgan fingerprint density at radius 3 is 2.92 bits per heavy atom. The molecule has 0 aromatic heterocycles. The van der Waals surface area contributed by atoms with Gasteiger partial charge in [-0.25, -0.2) is 0 Å². The lowest BCUT2D eigenvalue weighted by molar-refractivity contribution is -0.149. The summed E-state index contributed by atoms with van der Waals surface area (Å²) in [7, 11) is 3.13. The Bertz CT molecular complexity index is 532. The number of nitrogens with one attached hydrogen (secondary N) is 3. The maximum Gasteiger partial charge on any atom is 0.309 e. The van der Waals surface area contributed by atoms with E-state index < -0.39 is 24.2 Å². The Morgan fingerprint density at radius 1 is 1.23 bits per heavy atom. The molecule has 2 bridgehead atoms. The van der Waals surface area contributed by atoms with Crippen molar-refractivity contribution in [1.82, 2.24) is 16.0 Å². The van der Waals surface area contributed by atoms with Gasteiger partial charge in [0.15, 0.2) is 0 Å². The molecule has 3 atom stereocenters. The van der Waals surface area contributed by atoms with Gasteiger partial charge < -0.3 is 25.8 Å². The Morgan fingerprint density at radius 2 is 2.08 bits per heavy atom. The number of allylic oxidation sites excluding steroid dienone is 1. The maximum atomic E-state index is 12.3. The standard InChI is InChI=1S/C16H25N3O5S2/c20-11-7-15(22)24-12-3-1-2-6-25-26-10-13(16(23)18-8-11)19-14(21)9-17-5-4-12/h1,3,11-13,17,20H,2,4-10H2,(H,18,23)(H,19,21)/b3-1+/t11-,12+,13+/m0/s1. The van der Waals surface area contributed by atoms with E-state index in [0.29, 0.717) is 18.7 Å². The van der Waals surface area contributed by atoms with Gasteiger partial charge >= 0.3 is 5.97 Å². The SMILES string of the molecule is O=C1CNCC[C@H]2/C=C/CCSSC[C@@H](N1)C(=O)NC[C@@H](O)CC(=O)O2. The van der Waals surface area contributed by atoms with E-state index in [4.69, 9.17) is 4.74 Å². The highest BCUT2D eigenvalue weighted by Gasteiger charge is 2.23. The number of esters is 1. The first-order valence-corrected chi connectivity index (χ1v) is 11.1. The minimum atomic E-state index is -1.04. The minimum absolute atomic E-state index is 0.0726. The number of fused-ring (bicyclic) bond motifs is 7. The Kier molecular flexibility index (Phi) is 9.30. The second kappa shape index (κ2) is 11.5.